The van der Waals surface area contributed by atoms with Gasteiger partial charge in [0.2, 0.25) is 0 Å². The fraction of sp³-hybridized carbons (Fsp3) is 0.0833. The zero-order chi connectivity index (χ0) is 13.3. The third-order valence-corrected chi connectivity index (χ3v) is 6.26. The first-order chi connectivity index (χ1) is 8.50. The molecule has 1 aromatic carbocycles. The Labute approximate surface area is 129 Å². The topological polar surface area (TPSA) is 17.1 Å². The van der Waals surface area contributed by atoms with Crippen LogP contribution in [0.4, 0.5) is 4.39 Å². The van der Waals surface area contributed by atoms with Gasteiger partial charge >= 0.3 is 0 Å². The van der Waals surface area contributed by atoms with Crippen LogP contribution in [0, 0.1) is 5.82 Å². The lowest BCUT2D eigenvalue weighted by Crippen LogP contribution is -2.04. The van der Waals surface area contributed by atoms with Crippen LogP contribution in [0.15, 0.2) is 32.5 Å². The van der Waals surface area contributed by atoms with Gasteiger partial charge in [-0.3, -0.25) is 4.79 Å². The maximum atomic E-state index is 13.6. The zero-order valence-corrected chi connectivity index (χ0v) is 13.6. The highest BCUT2D eigenvalue weighted by Gasteiger charge is 2.18. The molecule has 0 aliphatic carbocycles. The fourth-order valence-electron chi connectivity index (χ4n) is 1.45. The van der Waals surface area contributed by atoms with Crippen molar-refractivity contribution in [1.29, 1.82) is 0 Å². The molecule has 0 aliphatic heterocycles. The molecule has 2 aromatic rings. The summed E-state index contributed by atoms with van der Waals surface area (Å²) in [6.07, 6.45) is -0.0446. The summed E-state index contributed by atoms with van der Waals surface area (Å²) in [6, 6.07) is 4.39. The molecular formula is C12H6Br2ClFOS. The summed E-state index contributed by atoms with van der Waals surface area (Å²) >= 11 is 13.8. The molecule has 0 saturated heterocycles. The van der Waals surface area contributed by atoms with Gasteiger partial charge in [0.1, 0.15) is 5.82 Å². The molecule has 0 radical (unpaired) electrons. The number of Topliss-reactive ketones (excluding diaryl/α,β-unsaturated/α-hetero) is 1. The summed E-state index contributed by atoms with van der Waals surface area (Å²) in [5, 5.41) is 2.08. The van der Waals surface area contributed by atoms with Crippen molar-refractivity contribution in [3.63, 3.8) is 0 Å². The first-order valence-corrected chi connectivity index (χ1v) is 7.73. The van der Waals surface area contributed by atoms with E-state index in [1.807, 2.05) is 0 Å². The standard InChI is InChI=1S/C12H6Br2ClFOS/c13-7-5-18-12(11(7)14)10(17)4-6-8(15)2-1-3-9(6)16/h1-3,5H,4H2. The van der Waals surface area contributed by atoms with Gasteiger partial charge in [0.15, 0.2) is 5.78 Å². The van der Waals surface area contributed by atoms with Gasteiger partial charge in [0, 0.05) is 26.9 Å². The average Bonchev–Trinajstić information content (AvgIpc) is 2.65. The maximum absolute atomic E-state index is 13.6. The van der Waals surface area contributed by atoms with Crippen molar-refractivity contribution in [2.75, 3.05) is 0 Å². The summed E-state index contributed by atoms with van der Waals surface area (Å²) in [4.78, 5) is 12.6. The number of benzene rings is 1. The Kier molecular flexibility index (Phi) is 4.59. The van der Waals surface area contributed by atoms with Crippen LogP contribution in [0.5, 0.6) is 0 Å². The van der Waals surface area contributed by atoms with Crippen LogP contribution >= 0.6 is 54.8 Å². The highest BCUT2D eigenvalue weighted by molar-refractivity contribution is 9.13. The van der Waals surface area contributed by atoms with Crippen molar-refractivity contribution in [2.45, 2.75) is 6.42 Å². The van der Waals surface area contributed by atoms with Gasteiger partial charge in [-0.05, 0) is 44.0 Å². The van der Waals surface area contributed by atoms with E-state index >= 15 is 0 Å². The molecule has 0 unspecified atom stereocenters. The molecule has 6 heteroatoms. The summed E-state index contributed by atoms with van der Waals surface area (Å²) < 4.78 is 15.1. The van der Waals surface area contributed by atoms with Crippen molar-refractivity contribution in [1.82, 2.24) is 0 Å². The molecule has 0 spiro atoms. The molecule has 1 nitrogen and oxygen atoms in total. The highest BCUT2D eigenvalue weighted by Crippen LogP contribution is 2.34. The predicted octanol–water partition coefficient (Wildman–Crippen LogP) is 5.49. The van der Waals surface area contributed by atoms with Crippen molar-refractivity contribution in [2.24, 2.45) is 0 Å². The number of hydrogen-bond donors (Lipinski definition) is 0. The Balaban J connectivity index is 2.30. The largest absolute Gasteiger partial charge is 0.293 e. The number of thiophene rings is 1. The molecule has 18 heavy (non-hydrogen) atoms. The monoisotopic (exact) mass is 410 g/mol. The van der Waals surface area contributed by atoms with Crippen molar-refractivity contribution >= 4 is 60.6 Å². The third-order valence-electron chi connectivity index (χ3n) is 2.34. The second-order valence-corrected chi connectivity index (χ2v) is 6.46. The van der Waals surface area contributed by atoms with E-state index in [4.69, 9.17) is 11.6 Å². The second kappa shape index (κ2) is 5.82. The molecular weight excluding hydrogens is 406 g/mol. The molecule has 94 valence electrons. The normalized spacial score (nSPS) is 10.7. The molecule has 0 saturated carbocycles. The number of carbonyl (C=O) groups is 1. The molecule has 0 bridgehead atoms. The lowest BCUT2D eigenvalue weighted by atomic mass is 10.1. The molecule has 2 rings (SSSR count). The SMILES string of the molecule is O=C(Cc1c(F)cccc1Cl)c1scc(Br)c1Br. The molecule has 0 fully saturated rings. The summed E-state index contributed by atoms with van der Waals surface area (Å²) in [5.74, 6) is -0.618. The van der Waals surface area contributed by atoms with Crippen LogP contribution in [-0.2, 0) is 6.42 Å². The Hall–Kier alpha value is -0.230. The van der Waals surface area contributed by atoms with E-state index in [1.165, 1.54) is 23.5 Å². The van der Waals surface area contributed by atoms with E-state index in [9.17, 15) is 9.18 Å². The fourth-order valence-corrected chi connectivity index (χ4v) is 3.82. The lowest BCUT2D eigenvalue weighted by molar-refractivity contribution is 0.0995. The summed E-state index contributed by atoms with van der Waals surface area (Å²) in [7, 11) is 0. The second-order valence-electron chi connectivity index (χ2n) is 3.53. The van der Waals surface area contributed by atoms with E-state index in [0.29, 0.717) is 9.35 Å². The summed E-state index contributed by atoms with van der Waals surface area (Å²) in [5.41, 5.74) is 0.237. The number of carbonyl (C=O) groups excluding carboxylic acids is 1. The predicted molar refractivity (Wildman–Crippen MR) is 79.2 cm³/mol. The van der Waals surface area contributed by atoms with Crippen LogP contribution in [0.1, 0.15) is 15.2 Å². The minimum absolute atomic E-state index is 0.0446. The van der Waals surface area contributed by atoms with Crippen LogP contribution in [-0.4, -0.2) is 5.78 Å². The van der Waals surface area contributed by atoms with Gasteiger partial charge in [0.25, 0.3) is 0 Å². The first-order valence-electron chi connectivity index (χ1n) is 4.89. The van der Waals surface area contributed by atoms with Crippen molar-refractivity contribution in [3.05, 3.63) is 53.8 Å². The van der Waals surface area contributed by atoms with Crippen LogP contribution in [0.2, 0.25) is 5.02 Å². The molecule has 0 N–H and O–H groups in total. The summed E-state index contributed by atoms with van der Waals surface area (Å²) in [6.45, 7) is 0. The Morgan fingerprint density at radius 2 is 2.11 bits per heavy atom. The first kappa shape index (κ1) is 14.2. The van der Waals surface area contributed by atoms with Gasteiger partial charge in [-0.15, -0.1) is 11.3 Å². The van der Waals surface area contributed by atoms with Crippen molar-refractivity contribution < 1.29 is 9.18 Å². The Morgan fingerprint density at radius 1 is 1.39 bits per heavy atom. The van der Waals surface area contributed by atoms with Gasteiger partial charge in [0.05, 0.1) is 9.35 Å². The minimum atomic E-state index is -0.456. The van der Waals surface area contributed by atoms with E-state index in [1.54, 1.807) is 11.4 Å². The number of ketones is 1. The smallest absolute Gasteiger partial charge is 0.178 e. The molecule has 1 aromatic heterocycles. The van der Waals surface area contributed by atoms with Gasteiger partial charge in [-0.25, -0.2) is 4.39 Å². The lowest BCUT2D eigenvalue weighted by Gasteiger charge is -2.04. The van der Waals surface area contributed by atoms with E-state index in [0.717, 1.165) is 4.47 Å². The Bertz CT molecular complexity index is 592. The van der Waals surface area contributed by atoms with Crippen molar-refractivity contribution in [3.8, 4) is 0 Å². The number of hydrogen-bond acceptors (Lipinski definition) is 2. The van der Waals surface area contributed by atoms with Gasteiger partial charge in [-0.1, -0.05) is 17.7 Å². The van der Waals surface area contributed by atoms with E-state index in [-0.39, 0.29) is 22.8 Å². The van der Waals surface area contributed by atoms with Crippen LogP contribution < -0.4 is 0 Å². The van der Waals surface area contributed by atoms with Gasteiger partial charge in [-0.2, -0.15) is 0 Å². The molecule has 0 amide bonds. The van der Waals surface area contributed by atoms with Crippen LogP contribution in [0.25, 0.3) is 0 Å². The van der Waals surface area contributed by atoms with Gasteiger partial charge < -0.3 is 0 Å². The zero-order valence-electron chi connectivity index (χ0n) is 8.84. The molecule has 0 atom stereocenters. The number of rotatable bonds is 3. The third kappa shape index (κ3) is 2.85. The molecule has 0 aliphatic rings. The minimum Gasteiger partial charge on any atom is -0.293 e. The number of halogens is 4. The van der Waals surface area contributed by atoms with E-state index in [2.05, 4.69) is 31.9 Å². The van der Waals surface area contributed by atoms with E-state index < -0.39 is 5.82 Å². The Morgan fingerprint density at radius 3 is 2.67 bits per heavy atom. The average molecular weight is 413 g/mol. The maximum Gasteiger partial charge on any atom is 0.178 e. The quantitative estimate of drug-likeness (QED) is 0.609. The molecule has 1 heterocycles. The van der Waals surface area contributed by atoms with Crippen LogP contribution in [0.3, 0.4) is 0 Å². The highest BCUT2D eigenvalue weighted by atomic mass is 79.9.